The minimum Gasteiger partial charge on any atom is -0.381 e. The number of hydrogen-bond donors (Lipinski definition) is 2. The summed E-state index contributed by atoms with van der Waals surface area (Å²) in [6.07, 6.45) is 1.72. The summed E-state index contributed by atoms with van der Waals surface area (Å²) in [5.41, 5.74) is 2.69. The number of carbonyl (C=O) groups is 1. The average Bonchev–Trinajstić information content (AvgIpc) is 2.40. The molecule has 0 unspecified atom stereocenters. The van der Waals surface area contributed by atoms with Crippen LogP contribution in [-0.2, 0) is 4.74 Å². The van der Waals surface area contributed by atoms with Gasteiger partial charge >= 0.3 is 6.03 Å². The predicted octanol–water partition coefficient (Wildman–Crippen LogP) is 3.26. The molecule has 0 aromatic heterocycles. The van der Waals surface area contributed by atoms with Crippen LogP contribution in [-0.4, -0.2) is 25.3 Å². The molecule has 0 saturated carbocycles. The number of hydrogen-bond acceptors (Lipinski definition) is 2. The number of anilines is 1. The molecule has 1 aliphatic rings. The van der Waals surface area contributed by atoms with Gasteiger partial charge in [0.1, 0.15) is 0 Å². The molecule has 0 radical (unpaired) electrons. The molecule has 0 atom stereocenters. The van der Waals surface area contributed by atoms with Crippen molar-refractivity contribution in [3.63, 3.8) is 0 Å². The number of urea groups is 1. The van der Waals surface area contributed by atoms with Crippen LogP contribution in [0.4, 0.5) is 10.5 Å². The molecule has 0 aliphatic carbocycles. The summed E-state index contributed by atoms with van der Waals surface area (Å²) in [5.74, 6) is 0. The third-order valence-electron chi connectivity index (χ3n) is 3.40. The molecule has 5 heteroatoms. The van der Waals surface area contributed by atoms with Gasteiger partial charge in [-0.15, -0.1) is 0 Å². The fourth-order valence-corrected chi connectivity index (χ4v) is 2.35. The number of halogens is 1. The Kier molecular flexibility index (Phi) is 4.66. The average molecular weight is 283 g/mol. The van der Waals surface area contributed by atoms with E-state index in [1.165, 1.54) is 0 Å². The molecule has 1 heterocycles. The summed E-state index contributed by atoms with van der Waals surface area (Å²) in [6, 6.07) is 3.75. The number of nitrogens with one attached hydrogen (secondary N) is 2. The Labute approximate surface area is 118 Å². The molecule has 104 valence electrons. The minimum absolute atomic E-state index is 0.180. The third-order valence-corrected chi connectivity index (χ3v) is 3.81. The first kappa shape index (κ1) is 14.2. The first-order valence-corrected chi connectivity index (χ1v) is 6.86. The van der Waals surface area contributed by atoms with Crippen LogP contribution in [0.3, 0.4) is 0 Å². The van der Waals surface area contributed by atoms with Gasteiger partial charge in [-0.25, -0.2) is 4.79 Å². The van der Waals surface area contributed by atoms with Gasteiger partial charge in [0.25, 0.3) is 0 Å². The van der Waals surface area contributed by atoms with Gasteiger partial charge < -0.3 is 15.4 Å². The molecule has 1 aliphatic heterocycles. The van der Waals surface area contributed by atoms with Gasteiger partial charge in [-0.1, -0.05) is 17.7 Å². The summed E-state index contributed by atoms with van der Waals surface area (Å²) in [6.45, 7) is 5.27. The molecule has 1 aromatic carbocycles. The SMILES string of the molecule is Cc1ccc(Cl)c(C)c1NC(=O)NC1CCOCC1. The molecule has 2 rings (SSSR count). The van der Waals surface area contributed by atoms with E-state index in [2.05, 4.69) is 10.6 Å². The van der Waals surface area contributed by atoms with Crippen LogP contribution in [0, 0.1) is 13.8 Å². The van der Waals surface area contributed by atoms with Gasteiger partial charge in [0.05, 0.1) is 0 Å². The Hall–Kier alpha value is -1.26. The topological polar surface area (TPSA) is 50.4 Å². The molecular formula is C14H19ClN2O2. The molecule has 1 fully saturated rings. The van der Waals surface area contributed by atoms with E-state index in [4.69, 9.17) is 16.3 Å². The summed E-state index contributed by atoms with van der Waals surface area (Å²) in [7, 11) is 0. The normalized spacial score (nSPS) is 16.2. The van der Waals surface area contributed by atoms with E-state index in [1.807, 2.05) is 26.0 Å². The highest BCUT2D eigenvalue weighted by atomic mass is 35.5. The number of benzene rings is 1. The lowest BCUT2D eigenvalue weighted by atomic mass is 10.1. The van der Waals surface area contributed by atoms with Crippen molar-refractivity contribution in [2.75, 3.05) is 18.5 Å². The van der Waals surface area contributed by atoms with Crippen molar-refractivity contribution in [2.24, 2.45) is 0 Å². The summed E-state index contributed by atoms with van der Waals surface area (Å²) >= 11 is 6.07. The maximum Gasteiger partial charge on any atom is 0.319 e. The van der Waals surface area contributed by atoms with Gasteiger partial charge in [-0.2, -0.15) is 0 Å². The fourth-order valence-electron chi connectivity index (χ4n) is 2.19. The van der Waals surface area contributed by atoms with Crippen LogP contribution >= 0.6 is 11.6 Å². The second-order valence-electron chi connectivity index (χ2n) is 4.85. The van der Waals surface area contributed by atoms with Crippen LogP contribution in [0.25, 0.3) is 0 Å². The van der Waals surface area contributed by atoms with Gasteiger partial charge in [0.15, 0.2) is 0 Å². The van der Waals surface area contributed by atoms with E-state index in [-0.39, 0.29) is 12.1 Å². The van der Waals surface area contributed by atoms with Crippen molar-refractivity contribution in [3.8, 4) is 0 Å². The maximum absolute atomic E-state index is 12.0. The van der Waals surface area contributed by atoms with E-state index in [0.29, 0.717) is 18.2 Å². The number of amides is 2. The van der Waals surface area contributed by atoms with E-state index in [1.54, 1.807) is 0 Å². The molecule has 1 saturated heterocycles. The van der Waals surface area contributed by atoms with Gasteiger partial charge in [-0.05, 0) is 43.9 Å². The molecule has 2 N–H and O–H groups in total. The van der Waals surface area contributed by atoms with Crippen molar-refractivity contribution in [1.82, 2.24) is 5.32 Å². The predicted molar refractivity (Wildman–Crippen MR) is 76.9 cm³/mol. The Morgan fingerprint density at radius 3 is 2.68 bits per heavy atom. The molecule has 0 spiro atoms. The minimum atomic E-state index is -0.180. The summed E-state index contributed by atoms with van der Waals surface area (Å²) < 4.78 is 5.26. The van der Waals surface area contributed by atoms with Gasteiger partial charge in [0.2, 0.25) is 0 Å². The molecular weight excluding hydrogens is 264 g/mol. The van der Waals surface area contributed by atoms with Gasteiger partial charge in [0, 0.05) is 30.0 Å². The second kappa shape index (κ2) is 6.26. The first-order valence-electron chi connectivity index (χ1n) is 6.49. The molecule has 19 heavy (non-hydrogen) atoms. The standard InChI is InChI=1S/C14H19ClN2O2/c1-9-3-4-12(15)10(2)13(9)17-14(18)16-11-5-7-19-8-6-11/h3-4,11H,5-8H2,1-2H3,(H2,16,17,18). The molecule has 2 amide bonds. The van der Waals surface area contributed by atoms with E-state index in [9.17, 15) is 4.79 Å². The highest BCUT2D eigenvalue weighted by molar-refractivity contribution is 6.31. The lowest BCUT2D eigenvalue weighted by Gasteiger charge is -2.23. The van der Waals surface area contributed by atoms with Crippen LogP contribution in [0.5, 0.6) is 0 Å². The Balaban J connectivity index is 2.00. The van der Waals surface area contributed by atoms with Crippen molar-refractivity contribution < 1.29 is 9.53 Å². The quantitative estimate of drug-likeness (QED) is 0.875. The fraction of sp³-hybridized carbons (Fsp3) is 0.500. The van der Waals surface area contributed by atoms with Crippen molar-refractivity contribution in [2.45, 2.75) is 32.7 Å². The number of carbonyl (C=O) groups excluding carboxylic acids is 1. The van der Waals surface area contributed by atoms with Gasteiger partial charge in [-0.3, -0.25) is 0 Å². The zero-order valence-corrected chi connectivity index (χ0v) is 12.0. The highest BCUT2D eigenvalue weighted by Crippen LogP contribution is 2.26. The van der Waals surface area contributed by atoms with Crippen LogP contribution < -0.4 is 10.6 Å². The van der Waals surface area contributed by atoms with Crippen molar-refractivity contribution in [1.29, 1.82) is 0 Å². The molecule has 1 aromatic rings. The Morgan fingerprint density at radius 1 is 1.32 bits per heavy atom. The number of rotatable bonds is 2. The lowest BCUT2D eigenvalue weighted by Crippen LogP contribution is -2.41. The first-order chi connectivity index (χ1) is 9.08. The Bertz CT molecular complexity index is 471. The Morgan fingerprint density at radius 2 is 2.00 bits per heavy atom. The van der Waals surface area contributed by atoms with Crippen LogP contribution in [0.1, 0.15) is 24.0 Å². The lowest BCUT2D eigenvalue weighted by molar-refractivity contribution is 0.0806. The van der Waals surface area contributed by atoms with Crippen LogP contribution in [0.15, 0.2) is 12.1 Å². The number of ether oxygens (including phenoxy) is 1. The van der Waals surface area contributed by atoms with Crippen molar-refractivity contribution >= 4 is 23.3 Å². The van der Waals surface area contributed by atoms with Crippen LogP contribution in [0.2, 0.25) is 5.02 Å². The third kappa shape index (κ3) is 3.61. The highest BCUT2D eigenvalue weighted by Gasteiger charge is 2.17. The zero-order valence-electron chi connectivity index (χ0n) is 11.3. The van der Waals surface area contributed by atoms with Crippen molar-refractivity contribution in [3.05, 3.63) is 28.3 Å². The zero-order chi connectivity index (χ0) is 13.8. The second-order valence-corrected chi connectivity index (χ2v) is 5.26. The molecule has 0 bridgehead atoms. The monoisotopic (exact) mass is 282 g/mol. The van der Waals surface area contributed by atoms with E-state index >= 15 is 0 Å². The number of aryl methyl sites for hydroxylation is 1. The van der Waals surface area contributed by atoms with E-state index < -0.39 is 0 Å². The molecule has 4 nitrogen and oxygen atoms in total. The maximum atomic E-state index is 12.0. The summed E-state index contributed by atoms with van der Waals surface area (Å²) in [4.78, 5) is 12.0. The smallest absolute Gasteiger partial charge is 0.319 e. The van der Waals surface area contributed by atoms with E-state index in [0.717, 1.165) is 29.7 Å². The largest absolute Gasteiger partial charge is 0.381 e. The summed E-state index contributed by atoms with van der Waals surface area (Å²) in [5, 5.41) is 6.52.